The van der Waals surface area contributed by atoms with E-state index in [2.05, 4.69) is 5.32 Å². The number of hydrogen-bond acceptors (Lipinski definition) is 2. The highest BCUT2D eigenvalue weighted by Crippen LogP contribution is 1.92. The van der Waals surface area contributed by atoms with Gasteiger partial charge in [-0.05, 0) is 0 Å². The Bertz CT molecular complexity index is 113. The van der Waals surface area contributed by atoms with Crippen LogP contribution in [0.1, 0.15) is 29.1 Å². The van der Waals surface area contributed by atoms with Crippen molar-refractivity contribution >= 4 is 5.78 Å². The number of hydrogen-bond donors (Lipinski definition) is 1. The standard InChI is InChI=1S/C8H17NO.H2/c1-6(2)8(10)5-9-7(3)4;/h6-7,9H,5H2,1-4H3;1H. The maximum absolute atomic E-state index is 11.0. The first kappa shape index (κ1) is 9.63. The van der Waals surface area contributed by atoms with Gasteiger partial charge in [-0.25, -0.2) is 0 Å². The fourth-order valence-corrected chi connectivity index (χ4v) is 0.509. The zero-order chi connectivity index (χ0) is 8.15. The highest BCUT2D eigenvalue weighted by Gasteiger charge is 2.05. The van der Waals surface area contributed by atoms with Crippen LogP contribution in [0.3, 0.4) is 0 Å². The first-order valence-electron chi connectivity index (χ1n) is 3.80. The van der Waals surface area contributed by atoms with Crippen molar-refractivity contribution in [2.45, 2.75) is 33.7 Å². The largest absolute Gasteiger partial charge is 0.308 e. The van der Waals surface area contributed by atoms with E-state index in [1.54, 1.807) is 0 Å². The van der Waals surface area contributed by atoms with Crippen LogP contribution >= 0.6 is 0 Å². The van der Waals surface area contributed by atoms with E-state index in [4.69, 9.17) is 0 Å². The Balaban J connectivity index is 0. The van der Waals surface area contributed by atoms with Crippen LogP contribution in [0.4, 0.5) is 0 Å². The molecule has 0 spiro atoms. The van der Waals surface area contributed by atoms with E-state index in [1.165, 1.54) is 0 Å². The van der Waals surface area contributed by atoms with Crippen LogP contribution in [-0.2, 0) is 4.79 Å². The Morgan fingerprint density at radius 2 is 1.90 bits per heavy atom. The molecule has 0 saturated heterocycles. The number of ketones is 1. The molecule has 0 aliphatic rings. The van der Waals surface area contributed by atoms with Crippen molar-refractivity contribution in [2.24, 2.45) is 5.92 Å². The molecule has 0 radical (unpaired) electrons. The number of rotatable bonds is 4. The Hall–Kier alpha value is -0.370. The number of Topliss-reactive ketones (excluding diaryl/α,β-unsaturated/α-hetero) is 1. The lowest BCUT2D eigenvalue weighted by Gasteiger charge is -2.08. The minimum absolute atomic E-state index is 0. The van der Waals surface area contributed by atoms with Crippen LogP contribution in [0.15, 0.2) is 0 Å². The molecule has 10 heavy (non-hydrogen) atoms. The quantitative estimate of drug-likeness (QED) is 0.649. The zero-order valence-electron chi connectivity index (χ0n) is 7.27. The smallest absolute Gasteiger partial charge is 0.149 e. The van der Waals surface area contributed by atoms with Crippen molar-refractivity contribution in [2.75, 3.05) is 6.54 Å². The van der Waals surface area contributed by atoms with Gasteiger partial charge in [0, 0.05) is 13.4 Å². The maximum atomic E-state index is 11.0. The molecule has 0 atom stereocenters. The molecule has 2 nitrogen and oxygen atoms in total. The minimum Gasteiger partial charge on any atom is -0.308 e. The highest BCUT2D eigenvalue weighted by atomic mass is 16.1. The molecule has 0 aliphatic heterocycles. The summed E-state index contributed by atoms with van der Waals surface area (Å²) in [6.07, 6.45) is 0. The third kappa shape index (κ3) is 4.50. The molecule has 1 N–H and O–H groups in total. The normalized spacial score (nSPS) is 11.0. The van der Waals surface area contributed by atoms with E-state index in [9.17, 15) is 4.79 Å². The van der Waals surface area contributed by atoms with Crippen LogP contribution in [-0.4, -0.2) is 18.4 Å². The minimum atomic E-state index is 0. The lowest BCUT2D eigenvalue weighted by Crippen LogP contribution is -2.31. The van der Waals surface area contributed by atoms with Crippen LogP contribution in [0.2, 0.25) is 0 Å². The molecule has 0 heterocycles. The molecule has 2 heteroatoms. The molecule has 0 aromatic heterocycles. The molecule has 0 fully saturated rings. The summed E-state index contributed by atoms with van der Waals surface area (Å²) in [7, 11) is 0. The van der Waals surface area contributed by atoms with Gasteiger partial charge < -0.3 is 5.32 Å². The van der Waals surface area contributed by atoms with E-state index in [1.807, 2.05) is 27.7 Å². The van der Waals surface area contributed by atoms with Crippen LogP contribution in [0, 0.1) is 5.92 Å². The number of carbonyl (C=O) groups excluding carboxylic acids is 1. The average molecular weight is 145 g/mol. The summed E-state index contributed by atoms with van der Waals surface area (Å²) in [6.45, 7) is 8.42. The Labute approximate surface area is 64.5 Å². The lowest BCUT2D eigenvalue weighted by atomic mass is 10.1. The predicted octanol–water partition coefficient (Wildman–Crippen LogP) is 1.46. The molecule has 0 aromatic carbocycles. The van der Waals surface area contributed by atoms with Gasteiger partial charge in [-0.3, -0.25) is 4.79 Å². The van der Waals surface area contributed by atoms with Gasteiger partial charge in [0.2, 0.25) is 0 Å². The Morgan fingerprint density at radius 1 is 1.40 bits per heavy atom. The second-order valence-corrected chi connectivity index (χ2v) is 3.16. The summed E-state index contributed by atoms with van der Waals surface area (Å²) in [5.41, 5.74) is 0. The molecule has 0 aromatic rings. The summed E-state index contributed by atoms with van der Waals surface area (Å²) in [4.78, 5) is 11.0. The molecule has 62 valence electrons. The first-order chi connectivity index (χ1) is 4.54. The van der Waals surface area contributed by atoms with Crippen LogP contribution < -0.4 is 5.32 Å². The second kappa shape index (κ2) is 4.45. The predicted molar refractivity (Wildman–Crippen MR) is 45.1 cm³/mol. The van der Waals surface area contributed by atoms with Gasteiger partial charge in [0.15, 0.2) is 0 Å². The van der Waals surface area contributed by atoms with E-state index < -0.39 is 0 Å². The summed E-state index contributed by atoms with van der Waals surface area (Å²) >= 11 is 0. The van der Waals surface area contributed by atoms with Crippen molar-refractivity contribution in [1.29, 1.82) is 0 Å². The Morgan fingerprint density at radius 3 is 2.20 bits per heavy atom. The van der Waals surface area contributed by atoms with Crippen LogP contribution in [0.25, 0.3) is 0 Å². The van der Waals surface area contributed by atoms with Crippen LogP contribution in [0.5, 0.6) is 0 Å². The first-order valence-corrected chi connectivity index (χ1v) is 3.80. The Kier molecular flexibility index (Phi) is 4.28. The molecule has 0 unspecified atom stereocenters. The molecule has 0 bridgehead atoms. The third-order valence-corrected chi connectivity index (χ3v) is 1.33. The molecule has 0 rings (SSSR count). The fraction of sp³-hybridized carbons (Fsp3) is 0.875. The summed E-state index contributed by atoms with van der Waals surface area (Å²) in [6, 6.07) is 0.405. The lowest BCUT2D eigenvalue weighted by molar-refractivity contribution is -0.121. The van der Waals surface area contributed by atoms with Crippen molar-refractivity contribution in [3.05, 3.63) is 0 Å². The molecular formula is C8H19NO. The number of nitrogens with one attached hydrogen (secondary N) is 1. The van der Waals surface area contributed by atoms with Gasteiger partial charge in [0.1, 0.15) is 5.78 Å². The second-order valence-electron chi connectivity index (χ2n) is 3.16. The highest BCUT2D eigenvalue weighted by molar-refractivity contribution is 5.82. The molecule has 0 aliphatic carbocycles. The van der Waals surface area contributed by atoms with Gasteiger partial charge in [-0.15, -0.1) is 0 Å². The van der Waals surface area contributed by atoms with Gasteiger partial charge in [-0.1, -0.05) is 27.7 Å². The van der Waals surface area contributed by atoms with Crippen molar-refractivity contribution in [1.82, 2.24) is 5.32 Å². The van der Waals surface area contributed by atoms with Gasteiger partial charge in [-0.2, -0.15) is 0 Å². The van der Waals surface area contributed by atoms with E-state index in [-0.39, 0.29) is 13.1 Å². The summed E-state index contributed by atoms with van der Waals surface area (Å²) in [5.74, 6) is 0.444. The van der Waals surface area contributed by atoms with Crippen molar-refractivity contribution < 1.29 is 6.22 Å². The summed E-state index contributed by atoms with van der Waals surface area (Å²) in [5, 5.41) is 3.08. The SMILES string of the molecule is CC(C)NCC(=O)C(C)C.[HH]. The van der Waals surface area contributed by atoms with Crippen molar-refractivity contribution in [3.63, 3.8) is 0 Å². The van der Waals surface area contributed by atoms with Gasteiger partial charge in [0.05, 0.1) is 6.54 Å². The third-order valence-electron chi connectivity index (χ3n) is 1.33. The average Bonchev–Trinajstić information content (AvgIpc) is 1.82. The molecule has 0 amide bonds. The topological polar surface area (TPSA) is 29.1 Å². The molecular weight excluding hydrogens is 126 g/mol. The van der Waals surface area contributed by atoms with E-state index in [0.29, 0.717) is 12.6 Å². The number of carbonyl (C=O) groups is 1. The fourth-order valence-electron chi connectivity index (χ4n) is 0.509. The monoisotopic (exact) mass is 145 g/mol. The summed E-state index contributed by atoms with van der Waals surface area (Å²) < 4.78 is 0. The van der Waals surface area contributed by atoms with Gasteiger partial charge >= 0.3 is 0 Å². The molecule has 0 saturated carbocycles. The van der Waals surface area contributed by atoms with Gasteiger partial charge in [0.25, 0.3) is 0 Å². The maximum Gasteiger partial charge on any atom is 0.149 e. The van der Waals surface area contributed by atoms with E-state index in [0.717, 1.165) is 0 Å². The van der Waals surface area contributed by atoms with Crippen molar-refractivity contribution in [3.8, 4) is 0 Å². The zero-order valence-corrected chi connectivity index (χ0v) is 7.27. The van der Waals surface area contributed by atoms with E-state index >= 15 is 0 Å².